The van der Waals surface area contributed by atoms with Crippen LogP contribution in [-0.2, 0) is 16.1 Å². The Balaban J connectivity index is 1.57. The number of thioether (sulfide) groups is 1. The Morgan fingerprint density at radius 2 is 1.85 bits per heavy atom. The molecule has 7 nitrogen and oxygen atoms in total. The minimum Gasteiger partial charge on any atom is -0.493 e. The summed E-state index contributed by atoms with van der Waals surface area (Å²) in [6.45, 7) is 0.202. The van der Waals surface area contributed by atoms with Gasteiger partial charge in [0.05, 0.1) is 19.4 Å². The molecule has 3 rings (SSSR count). The normalized spacial score (nSPS) is 15.1. The number of amides is 2. The van der Waals surface area contributed by atoms with Crippen molar-refractivity contribution in [3.05, 3.63) is 60.2 Å². The van der Waals surface area contributed by atoms with Gasteiger partial charge in [-0.3, -0.25) is 14.5 Å². The maximum atomic E-state index is 12.1. The third-order valence-corrected chi connectivity index (χ3v) is 4.71. The van der Waals surface area contributed by atoms with Crippen molar-refractivity contribution in [2.45, 2.75) is 6.54 Å². The second kappa shape index (κ2) is 9.09. The van der Waals surface area contributed by atoms with Gasteiger partial charge in [-0.2, -0.15) is 0 Å². The van der Waals surface area contributed by atoms with E-state index in [4.69, 9.17) is 9.47 Å². The van der Waals surface area contributed by atoms with Crippen molar-refractivity contribution >= 4 is 28.7 Å². The first kappa shape index (κ1) is 18.8. The fourth-order valence-corrected chi connectivity index (χ4v) is 3.27. The van der Waals surface area contributed by atoms with Crippen LogP contribution in [0.1, 0.15) is 5.56 Å². The highest BCUT2D eigenvalue weighted by Gasteiger charge is 2.28. The predicted octanol–water partition coefficient (Wildman–Crippen LogP) is 2.24. The molecule has 0 aliphatic carbocycles. The maximum absolute atomic E-state index is 12.1. The summed E-state index contributed by atoms with van der Waals surface area (Å²) in [5, 5.41) is 4.55. The number of hydrogen-bond acceptors (Lipinski definition) is 6. The van der Waals surface area contributed by atoms with Crippen LogP contribution in [0.5, 0.6) is 11.5 Å². The Hall–Kier alpha value is -3.00. The number of hydrazone groups is 1. The molecule has 27 heavy (non-hydrogen) atoms. The first-order valence-electron chi connectivity index (χ1n) is 8.27. The van der Waals surface area contributed by atoms with Crippen LogP contribution in [0.3, 0.4) is 0 Å². The van der Waals surface area contributed by atoms with E-state index in [1.165, 1.54) is 18.9 Å². The largest absolute Gasteiger partial charge is 0.493 e. The number of rotatable bonds is 7. The number of amidine groups is 1. The molecule has 8 heteroatoms. The number of benzene rings is 2. The maximum Gasteiger partial charge on any atom is 0.278 e. The highest BCUT2D eigenvalue weighted by Crippen LogP contribution is 2.25. The third-order valence-electron chi connectivity index (χ3n) is 3.74. The third kappa shape index (κ3) is 5.01. The number of carbonyl (C=O) groups excluding carboxylic acids is 2. The van der Waals surface area contributed by atoms with Gasteiger partial charge in [-0.05, 0) is 17.7 Å². The lowest BCUT2D eigenvalue weighted by molar-refractivity contribution is -0.125. The minimum absolute atomic E-state index is 0.0397. The second-order valence-corrected chi connectivity index (χ2v) is 6.57. The Labute approximate surface area is 161 Å². The molecular weight excluding hydrogens is 366 g/mol. The van der Waals surface area contributed by atoms with Crippen molar-refractivity contribution in [1.82, 2.24) is 10.3 Å². The summed E-state index contributed by atoms with van der Waals surface area (Å²) in [4.78, 5) is 25.7. The van der Waals surface area contributed by atoms with Crippen molar-refractivity contribution in [2.24, 2.45) is 5.10 Å². The Kier molecular flexibility index (Phi) is 6.32. The highest BCUT2D eigenvalue weighted by molar-refractivity contribution is 8.15. The van der Waals surface area contributed by atoms with Gasteiger partial charge in [-0.1, -0.05) is 54.2 Å². The molecule has 1 fully saturated rings. The number of nitrogens with one attached hydrogen (secondary N) is 1. The molecule has 0 radical (unpaired) electrons. The first-order valence-corrected chi connectivity index (χ1v) is 9.25. The van der Waals surface area contributed by atoms with E-state index in [-0.39, 0.29) is 12.5 Å². The van der Waals surface area contributed by atoms with Crippen LogP contribution in [0.2, 0.25) is 0 Å². The van der Waals surface area contributed by atoms with E-state index in [0.29, 0.717) is 29.0 Å². The van der Waals surface area contributed by atoms with E-state index in [1.807, 2.05) is 36.4 Å². The van der Waals surface area contributed by atoms with Gasteiger partial charge in [-0.15, -0.1) is 5.10 Å². The number of hydrogen-bond donors (Lipinski definition) is 1. The van der Waals surface area contributed by atoms with Gasteiger partial charge in [0.25, 0.3) is 5.91 Å². The monoisotopic (exact) mass is 385 g/mol. The molecule has 0 unspecified atom stereocenters. The number of ether oxygens (including phenoxy) is 2. The molecule has 2 aromatic rings. The van der Waals surface area contributed by atoms with Crippen LogP contribution in [0, 0.1) is 0 Å². The molecule has 2 aromatic carbocycles. The molecule has 1 N–H and O–H groups in total. The summed E-state index contributed by atoms with van der Waals surface area (Å²) in [6.07, 6.45) is 0. The van der Waals surface area contributed by atoms with Crippen LogP contribution in [0.15, 0.2) is 59.7 Å². The lowest BCUT2D eigenvalue weighted by Gasteiger charge is -2.16. The van der Waals surface area contributed by atoms with E-state index in [9.17, 15) is 9.59 Å². The topological polar surface area (TPSA) is 80.2 Å². The number of para-hydroxylation sites is 2. The van der Waals surface area contributed by atoms with E-state index < -0.39 is 5.91 Å². The SMILES string of the molecule is COc1ccccc1OCC(=O)N/N=C1\SCC(=O)N1Cc1ccccc1. The molecule has 0 saturated carbocycles. The van der Waals surface area contributed by atoms with Crippen LogP contribution < -0.4 is 14.9 Å². The molecule has 1 heterocycles. The van der Waals surface area contributed by atoms with Gasteiger partial charge in [0.15, 0.2) is 23.3 Å². The second-order valence-electron chi connectivity index (χ2n) is 5.62. The van der Waals surface area contributed by atoms with Crippen molar-refractivity contribution < 1.29 is 19.1 Å². The highest BCUT2D eigenvalue weighted by atomic mass is 32.2. The van der Waals surface area contributed by atoms with Gasteiger partial charge in [0.2, 0.25) is 5.91 Å². The summed E-state index contributed by atoms with van der Waals surface area (Å²) in [7, 11) is 1.53. The number of carbonyl (C=O) groups is 2. The van der Waals surface area contributed by atoms with Crippen LogP contribution in [-0.4, -0.2) is 41.4 Å². The van der Waals surface area contributed by atoms with Crippen molar-refractivity contribution in [2.75, 3.05) is 19.5 Å². The number of methoxy groups -OCH3 is 1. The Morgan fingerprint density at radius 3 is 2.59 bits per heavy atom. The quantitative estimate of drug-likeness (QED) is 0.740. The molecule has 0 spiro atoms. The van der Waals surface area contributed by atoms with Crippen LogP contribution >= 0.6 is 11.8 Å². The van der Waals surface area contributed by atoms with Gasteiger partial charge in [0.1, 0.15) is 0 Å². The minimum atomic E-state index is -0.423. The molecule has 1 aliphatic rings. The van der Waals surface area contributed by atoms with E-state index in [0.717, 1.165) is 5.56 Å². The molecule has 1 saturated heterocycles. The summed E-state index contributed by atoms with van der Waals surface area (Å²) in [5.41, 5.74) is 3.43. The average Bonchev–Trinajstić information content (AvgIpc) is 3.05. The first-order chi connectivity index (χ1) is 13.2. The summed E-state index contributed by atoms with van der Waals surface area (Å²) >= 11 is 1.29. The van der Waals surface area contributed by atoms with Gasteiger partial charge < -0.3 is 9.47 Å². The van der Waals surface area contributed by atoms with Crippen molar-refractivity contribution in [1.29, 1.82) is 0 Å². The van der Waals surface area contributed by atoms with Crippen molar-refractivity contribution in [3.63, 3.8) is 0 Å². The van der Waals surface area contributed by atoms with Crippen molar-refractivity contribution in [3.8, 4) is 11.5 Å². The molecule has 0 atom stereocenters. The Morgan fingerprint density at radius 1 is 1.15 bits per heavy atom. The van der Waals surface area contributed by atoms with E-state index in [1.54, 1.807) is 23.1 Å². The molecule has 2 amide bonds. The fraction of sp³-hybridized carbons (Fsp3) is 0.211. The van der Waals surface area contributed by atoms with Gasteiger partial charge in [-0.25, -0.2) is 5.43 Å². The Bertz CT molecular complexity index is 842. The number of nitrogens with zero attached hydrogens (tertiary/aromatic N) is 2. The lowest BCUT2D eigenvalue weighted by atomic mass is 10.2. The van der Waals surface area contributed by atoms with Gasteiger partial charge in [0, 0.05) is 0 Å². The molecule has 0 bridgehead atoms. The summed E-state index contributed by atoms with van der Waals surface area (Å²) in [5.74, 6) is 0.857. The van der Waals surface area contributed by atoms with E-state index in [2.05, 4.69) is 10.5 Å². The molecule has 1 aliphatic heterocycles. The average molecular weight is 385 g/mol. The lowest BCUT2D eigenvalue weighted by Crippen LogP contribution is -2.32. The smallest absolute Gasteiger partial charge is 0.278 e. The predicted molar refractivity (Wildman–Crippen MR) is 104 cm³/mol. The summed E-state index contributed by atoms with van der Waals surface area (Å²) < 4.78 is 10.6. The van der Waals surface area contributed by atoms with Crippen LogP contribution in [0.4, 0.5) is 0 Å². The zero-order valence-electron chi connectivity index (χ0n) is 14.8. The molecule has 0 aromatic heterocycles. The fourth-order valence-electron chi connectivity index (χ4n) is 2.43. The molecule has 140 valence electrons. The zero-order chi connectivity index (χ0) is 19.1. The van der Waals surface area contributed by atoms with Gasteiger partial charge >= 0.3 is 0 Å². The summed E-state index contributed by atoms with van der Waals surface area (Å²) in [6, 6.07) is 16.7. The molecular formula is C19H19N3O4S. The standard InChI is InChI=1S/C19H19N3O4S/c1-25-15-9-5-6-10-16(15)26-12-17(23)20-21-19-22(18(24)13-27-19)11-14-7-3-2-4-8-14/h2-10H,11-13H2,1H3,(H,20,23)/b21-19-. The van der Waals surface area contributed by atoms with E-state index >= 15 is 0 Å². The van der Waals surface area contributed by atoms with Crippen LogP contribution in [0.25, 0.3) is 0 Å². The zero-order valence-corrected chi connectivity index (χ0v) is 15.6.